The molecule has 0 saturated heterocycles. The summed E-state index contributed by atoms with van der Waals surface area (Å²) >= 11 is 0. The predicted octanol–water partition coefficient (Wildman–Crippen LogP) is 3.33. The van der Waals surface area contributed by atoms with Gasteiger partial charge >= 0.3 is 0 Å². The van der Waals surface area contributed by atoms with E-state index in [1.807, 2.05) is 31.9 Å². The van der Waals surface area contributed by atoms with Gasteiger partial charge in [-0.05, 0) is 38.1 Å². The third kappa shape index (κ3) is 3.41. The molecule has 1 fully saturated rings. The van der Waals surface area contributed by atoms with Crippen molar-refractivity contribution in [2.45, 2.75) is 44.9 Å². The van der Waals surface area contributed by atoms with Gasteiger partial charge in [-0.3, -0.25) is 4.79 Å². The van der Waals surface area contributed by atoms with E-state index in [0.717, 1.165) is 35.7 Å². The van der Waals surface area contributed by atoms with Crippen LogP contribution >= 0.6 is 0 Å². The fourth-order valence-corrected chi connectivity index (χ4v) is 3.47. The van der Waals surface area contributed by atoms with Crippen LogP contribution in [0.4, 0.5) is 21.6 Å². The molecular weight excluding hydrogens is 347 g/mol. The standard InChI is InChI=1S/C20H23FN4O2/c1-11-19-17(25(3)12(2)20(26)24-19)10-18(22-11)23-14-8-16(9-14)27-15-6-4-13(21)5-7-15/h4-7,10,12,14,16H,8-9H2,1-3H3,(H,22,23)(H,24,26)/t12-,14?,16?/m0/s1. The van der Waals surface area contributed by atoms with E-state index in [4.69, 9.17) is 4.74 Å². The number of likely N-dealkylation sites (N-methyl/N-ethyl adjacent to an activating group) is 1. The Balaban J connectivity index is 1.39. The monoisotopic (exact) mass is 370 g/mol. The second kappa shape index (κ2) is 6.72. The normalized spacial score (nSPS) is 23.9. The number of rotatable bonds is 4. The maximum absolute atomic E-state index is 13.0. The second-order valence-electron chi connectivity index (χ2n) is 7.27. The lowest BCUT2D eigenvalue weighted by atomic mass is 9.89. The number of halogens is 1. The molecule has 1 aliphatic carbocycles. The van der Waals surface area contributed by atoms with E-state index in [2.05, 4.69) is 15.6 Å². The number of anilines is 3. The molecule has 1 saturated carbocycles. The Bertz CT molecular complexity index is 865. The minimum atomic E-state index is -0.264. The zero-order valence-corrected chi connectivity index (χ0v) is 15.6. The van der Waals surface area contributed by atoms with Gasteiger partial charge in [0.05, 0.1) is 17.1 Å². The van der Waals surface area contributed by atoms with E-state index in [-0.39, 0.29) is 29.9 Å². The molecule has 4 rings (SSSR count). The Morgan fingerprint density at radius 2 is 2.00 bits per heavy atom. The molecule has 2 aliphatic rings. The molecule has 1 aromatic heterocycles. The topological polar surface area (TPSA) is 66.5 Å². The molecule has 1 amide bonds. The van der Waals surface area contributed by atoms with Crippen molar-refractivity contribution in [1.29, 1.82) is 0 Å². The number of amides is 1. The van der Waals surface area contributed by atoms with Crippen LogP contribution in [0.3, 0.4) is 0 Å². The van der Waals surface area contributed by atoms with E-state index in [0.29, 0.717) is 5.75 Å². The van der Waals surface area contributed by atoms with Crippen LogP contribution in [0.5, 0.6) is 5.75 Å². The Labute approximate surface area is 157 Å². The maximum Gasteiger partial charge on any atom is 0.246 e. The lowest BCUT2D eigenvalue weighted by Crippen LogP contribution is -2.45. The van der Waals surface area contributed by atoms with Crippen LogP contribution in [0.25, 0.3) is 0 Å². The first-order valence-corrected chi connectivity index (χ1v) is 9.15. The smallest absolute Gasteiger partial charge is 0.246 e. The van der Waals surface area contributed by atoms with Crippen molar-refractivity contribution in [2.24, 2.45) is 0 Å². The van der Waals surface area contributed by atoms with Gasteiger partial charge in [0.25, 0.3) is 0 Å². The zero-order chi connectivity index (χ0) is 19.1. The highest BCUT2D eigenvalue weighted by atomic mass is 19.1. The van der Waals surface area contributed by atoms with Crippen LogP contribution in [0, 0.1) is 12.7 Å². The minimum absolute atomic E-state index is 0.0182. The van der Waals surface area contributed by atoms with Crippen LogP contribution in [-0.4, -0.2) is 36.1 Å². The number of benzene rings is 1. The van der Waals surface area contributed by atoms with Gasteiger partial charge in [0.2, 0.25) is 5.91 Å². The van der Waals surface area contributed by atoms with E-state index >= 15 is 0 Å². The highest BCUT2D eigenvalue weighted by Gasteiger charge is 2.33. The van der Waals surface area contributed by atoms with Gasteiger partial charge in [0, 0.05) is 32.0 Å². The molecule has 0 spiro atoms. The third-order valence-electron chi connectivity index (χ3n) is 5.33. The number of aryl methyl sites for hydroxylation is 1. The molecule has 2 heterocycles. The molecule has 27 heavy (non-hydrogen) atoms. The number of carbonyl (C=O) groups is 1. The summed E-state index contributed by atoms with van der Waals surface area (Å²) in [6.07, 6.45) is 1.84. The van der Waals surface area contributed by atoms with Gasteiger partial charge in [-0.15, -0.1) is 0 Å². The maximum atomic E-state index is 13.0. The molecule has 2 aromatic rings. The van der Waals surface area contributed by atoms with E-state index in [1.54, 1.807) is 12.1 Å². The molecule has 6 nitrogen and oxygen atoms in total. The SMILES string of the molecule is Cc1nc(NC2CC(Oc3ccc(F)cc3)C2)cc2c1NC(=O)[C@H](C)N2C. The van der Waals surface area contributed by atoms with Crippen molar-refractivity contribution in [1.82, 2.24) is 4.98 Å². The minimum Gasteiger partial charge on any atom is -0.490 e. The van der Waals surface area contributed by atoms with Crippen molar-refractivity contribution in [3.8, 4) is 5.75 Å². The lowest BCUT2D eigenvalue weighted by molar-refractivity contribution is -0.117. The van der Waals surface area contributed by atoms with E-state index < -0.39 is 0 Å². The molecule has 1 atom stereocenters. The molecule has 2 N–H and O–H groups in total. The molecule has 1 aliphatic heterocycles. The van der Waals surface area contributed by atoms with Crippen LogP contribution in [0.2, 0.25) is 0 Å². The van der Waals surface area contributed by atoms with E-state index in [9.17, 15) is 9.18 Å². The number of nitrogens with one attached hydrogen (secondary N) is 2. The summed E-state index contributed by atoms with van der Waals surface area (Å²) in [6.45, 7) is 3.78. The Morgan fingerprint density at radius 3 is 2.70 bits per heavy atom. The summed E-state index contributed by atoms with van der Waals surface area (Å²) in [5, 5.41) is 6.39. The number of aromatic nitrogens is 1. The number of nitrogens with zero attached hydrogens (tertiary/aromatic N) is 2. The highest BCUT2D eigenvalue weighted by molar-refractivity contribution is 6.04. The quantitative estimate of drug-likeness (QED) is 0.864. The molecule has 1 aromatic carbocycles. The number of hydrogen-bond acceptors (Lipinski definition) is 5. The fourth-order valence-electron chi connectivity index (χ4n) is 3.47. The summed E-state index contributed by atoms with van der Waals surface area (Å²) < 4.78 is 18.8. The summed E-state index contributed by atoms with van der Waals surface area (Å²) in [7, 11) is 1.92. The average Bonchev–Trinajstić information content (AvgIpc) is 2.61. The van der Waals surface area contributed by atoms with Crippen LogP contribution in [-0.2, 0) is 4.79 Å². The van der Waals surface area contributed by atoms with Crippen molar-refractivity contribution < 1.29 is 13.9 Å². The summed E-state index contributed by atoms with van der Waals surface area (Å²) in [4.78, 5) is 18.6. The number of pyridine rings is 1. The Kier molecular flexibility index (Phi) is 4.37. The molecule has 0 bridgehead atoms. The van der Waals surface area contributed by atoms with Gasteiger partial charge < -0.3 is 20.3 Å². The lowest BCUT2D eigenvalue weighted by Gasteiger charge is -2.37. The molecule has 0 radical (unpaired) electrons. The summed E-state index contributed by atoms with van der Waals surface area (Å²) in [5.41, 5.74) is 2.54. The first-order valence-electron chi connectivity index (χ1n) is 9.15. The van der Waals surface area contributed by atoms with Gasteiger partial charge in [-0.2, -0.15) is 0 Å². The van der Waals surface area contributed by atoms with Crippen molar-refractivity contribution in [3.63, 3.8) is 0 Å². The van der Waals surface area contributed by atoms with Crippen molar-refractivity contribution in [3.05, 3.63) is 41.8 Å². The first kappa shape index (κ1) is 17.6. The van der Waals surface area contributed by atoms with Gasteiger partial charge in [0.1, 0.15) is 29.5 Å². The molecule has 142 valence electrons. The van der Waals surface area contributed by atoms with Crippen LogP contribution in [0.15, 0.2) is 30.3 Å². The number of fused-ring (bicyclic) bond motifs is 1. The molecule has 7 heteroatoms. The van der Waals surface area contributed by atoms with Crippen LogP contribution < -0.4 is 20.3 Å². The van der Waals surface area contributed by atoms with E-state index in [1.165, 1.54) is 12.1 Å². The van der Waals surface area contributed by atoms with Gasteiger partial charge in [-0.25, -0.2) is 9.37 Å². The largest absolute Gasteiger partial charge is 0.490 e. The second-order valence-corrected chi connectivity index (χ2v) is 7.27. The third-order valence-corrected chi connectivity index (χ3v) is 5.33. The van der Waals surface area contributed by atoms with Crippen molar-refractivity contribution >= 4 is 23.1 Å². The summed E-state index contributed by atoms with van der Waals surface area (Å²) in [5.74, 6) is 1.20. The first-order chi connectivity index (χ1) is 12.9. The average molecular weight is 370 g/mol. The highest BCUT2D eigenvalue weighted by Crippen LogP contribution is 2.36. The number of hydrogen-bond donors (Lipinski definition) is 2. The summed E-state index contributed by atoms with van der Waals surface area (Å²) in [6, 6.07) is 8.14. The number of carbonyl (C=O) groups excluding carboxylic acids is 1. The van der Waals surface area contributed by atoms with Crippen molar-refractivity contribution in [2.75, 3.05) is 22.6 Å². The number of ether oxygens (including phenoxy) is 1. The molecular formula is C20H23FN4O2. The zero-order valence-electron chi connectivity index (χ0n) is 15.6. The predicted molar refractivity (Wildman–Crippen MR) is 103 cm³/mol. The fraction of sp³-hybridized carbons (Fsp3) is 0.400. The Morgan fingerprint density at radius 1 is 1.30 bits per heavy atom. The Hall–Kier alpha value is -2.83. The van der Waals surface area contributed by atoms with Gasteiger partial charge in [0.15, 0.2) is 0 Å². The van der Waals surface area contributed by atoms with Gasteiger partial charge in [-0.1, -0.05) is 0 Å². The van der Waals surface area contributed by atoms with Crippen LogP contribution in [0.1, 0.15) is 25.5 Å². The molecule has 0 unspecified atom stereocenters.